The maximum Gasteiger partial charge on any atom is 0.0626 e. The fourth-order valence-corrected chi connectivity index (χ4v) is 3.06. The number of hydrogen-bond acceptors (Lipinski definition) is 3. The van der Waals surface area contributed by atoms with Gasteiger partial charge < -0.3 is 14.8 Å². The van der Waals surface area contributed by atoms with Gasteiger partial charge in [-0.15, -0.1) is 0 Å². The van der Waals surface area contributed by atoms with Crippen molar-refractivity contribution in [3.05, 3.63) is 0 Å². The Balaban J connectivity index is 1.85. The van der Waals surface area contributed by atoms with Crippen LogP contribution in [0.1, 0.15) is 46.5 Å². The van der Waals surface area contributed by atoms with Crippen molar-refractivity contribution in [3.8, 4) is 0 Å². The van der Waals surface area contributed by atoms with Gasteiger partial charge in [0.15, 0.2) is 0 Å². The van der Waals surface area contributed by atoms with Crippen molar-refractivity contribution in [2.45, 2.75) is 70.8 Å². The van der Waals surface area contributed by atoms with Gasteiger partial charge in [-0.25, -0.2) is 0 Å². The van der Waals surface area contributed by atoms with Crippen LogP contribution in [0.15, 0.2) is 0 Å². The third-order valence-electron chi connectivity index (χ3n) is 3.94. The van der Waals surface area contributed by atoms with Crippen molar-refractivity contribution in [2.24, 2.45) is 5.92 Å². The minimum Gasteiger partial charge on any atom is -0.377 e. The second kappa shape index (κ2) is 6.17. The Bertz CT molecular complexity index is 232. The molecule has 0 radical (unpaired) electrons. The molecule has 3 nitrogen and oxygen atoms in total. The van der Waals surface area contributed by atoms with Gasteiger partial charge in [0.1, 0.15) is 0 Å². The molecule has 2 aliphatic rings. The lowest BCUT2D eigenvalue weighted by Gasteiger charge is -2.29. The standard InChI is InChI=1S/C14H27NO2/c1-4-7-15-13(9-16-10(2)3)12-8-11-5-6-14(12)17-11/h10-15H,4-9H2,1-3H3. The number of fused-ring (bicyclic) bond motifs is 2. The molecule has 2 saturated heterocycles. The van der Waals surface area contributed by atoms with Crippen LogP contribution in [0.2, 0.25) is 0 Å². The molecule has 2 bridgehead atoms. The van der Waals surface area contributed by atoms with Crippen LogP contribution < -0.4 is 5.32 Å². The molecule has 3 heteroatoms. The molecule has 0 spiro atoms. The molecule has 100 valence electrons. The molecule has 2 rings (SSSR count). The lowest BCUT2D eigenvalue weighted by atomic mass is 9.84. The molecule has 1 N–H and O–H groups in total. The van der Waals surface area contributed by atoms with Crippen molar-refractivity contribution in [3.63, 3.8) is 0 Å². The zero-order valence-electron chi connectivity index (χ0n) is 11.4. The van der Waals surface area contributed by atoms with Crippen molar-refractivity contribution in [2.75, 3.05) is 13.2 Å². The van der Waals surface area contributed by atoms with E-state index in [0.29, 0.717) is 30.3 Å². The summed E-state index contributed by atoms with van der Waals surface area (Å²) in [5.41, 5.74) is 0. The lowest BCUT2D eigenvalue weighted by Crippen LogP contribution is -2.44. The average Bonchev–Trinajstić information content (AvgIpc) is 2.90. The highest BCUT2D eigenvalue weighted by atomic mass is 16.5. The fraction of sp³-hybridized carbons (Fsp3) is 1.00. The van der Waals surface area contributed by atoms with Crippen molar-refractivity contribution in [1.82, 2.24) is 5.32 Å². The van der Waals surface area contributed by atoms with Crippen LogP contribution >= 0.6 is 0 Å². The quantitative estimate of drug-likeness (QED) is 0.742. The molecule has 0 aliphatic carbocycles. The molecule has 0 saturated carbocycles. The summed E-state index contributed by atoms with van der Waals surface area (Å²) in [5.74, 6) is 0.666. The van der Waals surface area contributed by atoms with Gasteiger partial charge >= 0.3 is 0 Å². The van der Waals surface area contributed by atoms with Crippen LogP contribution in [0.5, 0.6) is 0 Å². The van der Waals surface area contributed by atoms with Gasteiger partial charge in [-0.05, 0) is 46.1 Å². The van der Waals surface area contributed by atoms with E-state index in [1.807, 2.05) is 0 Å². The van der Waals surface area contributed by atoms with Gasteiger partial charge in [-0.2, -0.15) is 0 Å². The molecular weight excluding hydrogens is 214 g/mol. The highest BCUT2D eigenvalue weighted by Gasteiger charge is 2.44. The number of nitrogens with one attached hydrogen (secondary N) is 1. The first-order chi connectivity index (χ1) is 8.20. The third-order valence-corrected chi connectivity index (χ3v) is 3.94. The van der Waals surface area contributed by atoms with E-state index in [2.05, 4.69) is 26.1 Å². The van der Waals surface area contributed by atoms with Crippen LogP contribution in [0.4, 0.5) is 0 Å². The molecule has 4 unspecified atom stereocenters. The SMILES string of the molecule is CCCNC(COC(C)C)C1CC2CCC1O2. The van der Waals surface area contributed by atoms with Crippen LogP contribution in [0, 0.1) is 5.92 Å². The first-order valence-corrected chi connectivity index (χ1v) is 7.21. The maximum atomic E-state index is 5.96. The molecule has 0 amide bonds. The van der Waals surface area contributed by atoms with Gasteiger partial charge in [0.25, 0.3) is 0 Å². The Hall–Kier alpha value is -0.120. The van der Waals surface area contributed by atoms with Gasteiger partial charge in [0.2, 0.25) is 0 Å². The first kappa shape index (κ1) is 13.3. The van der Waals surface area contributed by atoms with Gasteiger partial charge in [0, 0.05) is 12.0 Å². The monoisotopic (exact) mass is 241 g/mol. The molecule has 0 aromatic heterocycles. The topological polar surface area (TPSA) is 30.5 Å². The van der Waals surface area contributed by atoms with Crippen LogP contribution in [0.25, 0.3) is 0 Å². The summed E-state index contributed by atoms with van der Waals surface area (Å²) < 4.78 is 11.8. The Morgan fingerprint density at radius 3 is 2.71 bits per heavy atom. The van der Waals surface area contributed by atoms with Crippen LogP contribution in [-0.4, -0.2) is 37.5 Å². The second-order valence-electron chi connectivity index (χ2n) is 5.72. The molecule has 2 aliphatic heterocycles. The summed E-state index contributed by atoms with van der Waals surface area (Å²) in [5, 5.41) is 3.65. The molecule has 2 fully saturated rings. The molecule has 0 aromatic rings. The van der Waals surface area contributed by atoms with E-state index >= 15 is 0 Å². The highest BCUT2D eigenvalue weighted by Crippen LogP contribution is 2.40. The summed E-state index contributed by atoms with van der Waals surface area (Å²) in [6, 6.07) is 0.479. The lowest BCUT2D eigenvalue weighted by molar-refractivity contribution is 0.0316. The van der Waals surface area contributed by atoms with E-state index in [1.54, 1.807) is 0 Å². The molecular formula is C14H27NO2. The minimum absolute atomic E-state index is 0.320. The average molecular weight is 241 g/mol. The number of rotatable bonds is 7. The predicted octanol–water partition coefficient (Wildman–Crippen LogP) is 2.35. The maximum absolute atomic E-state index is 5.96. The summed E-state index contributed by atoms with van der Waals surface area (Å²) in [6.07, 6.45) is 6.28. The largest absolute Gasteiger partial charge is 0.377 e. The van der Waals surface area contributed by atoms with Crippen molar-refractivity contribution >= 4 is 0 Å². The van der Waals surface area contributed by atoms with E-state index in [1.165, 1.54) is 25.7 Å². The molecule has 17 heavy (non-hydrogen) atoms. The van der Waals surface area contributed by atoms with Crippen LogP contribution in [0.3, 0.4) is 0 Å². The normalized spacial score (nSPS) is 33.5. The minimum atomic E-state index is 0.320. The first-order valence-electron chi connectivity index (χ1n) is 7.21. The van der Waals surface area contributed by atoms with E-state index in [4.69, 9.17) is 9.47 Å². The molecule has 2 heterocycles. The third kappa shape index (κ3) is 3.43. The smallest absolute Gasteiger partial charge is 0.0626 e. The summed E-state index contributed by atoms with van der Waals surface area (Å²) in [6.45, 7) is 8.34. The Labute approximate surface area is 105 Å². The van der Waals surface area contributed by atoms with Crippen molar-refractivity contribution in [1.29, 1.82) is 0 Å². The fourth-order valence-electron chi connectivity index (χ4n) is 3.06. The molecule has 4 atom stereocenters. The van der Waals surface area contributed by atoms with Gasteiger partial charge in [0.05, 0.1) is 24.9 Å². The molecule has 0 aromatic carbocycles. The summed E-state index contributed by atoms with van der Waals surface area (Å²) in [4.78, 5) is 0. The summed E-state index contributed by atoms with van der Waals surface area (Å²) >= 11 is 0. The summed E-state index contributed by atoms with van der Waals surface area (Å²) in [7, 11) is 0. The highest BCUT2D eigenvalue weighted by molar-refractivity contribution is 4.95. The number of hydrogen-bond donors (Lipinski definition) is 1. The Morgan fingerprint density at radius 1 is 1.35 bits per heavy atom. The number of ether oxygens (including phenoxy) is 2. The Kier molecular flexibility index (Phi) is 4.83. The second-order valence-corrected chi connectivity index (χ2v) is 5.72. The Morgan fingerprint density at radius 2 is 2.18 bits per heavy atom. The van der Waals surface area contributed by atoms with E-state index in [9.17, 15) is 0 Å². The zero-order chi connectivity index (χ0) is 12.3. The van der Waals surface area contributed by atoms with Crippen molar-refractivity contribution < 1.29 is 9.47 Å². The van der Waals surface area contributed by atoms with Gasteiger partial charge in [-0.1, -0.05) is 6.92 Å². The van der Waals surface area contributed by atoms with Crippen LogP contribution in [-0.2, 0) is 9.47 Å². The zero-order valence-corrected chi connectivity index (χ0v) is 11.4. The van der Waals surface area contributed by atoms with E-state index in [0.717, 1.165) is 13.2 Å². The van der Waals surface area contributed by atoms with E-state index < -0.39 is 0 Å². The predicted molar refractivity (Wildman–Crippen MR) is 69.2 cm³/mol. The van der Waals surface area contributed by atoms with Gasteiger partial charge in [-0.3, -0.25) is 0 Å². The van der Waals surface area contributed by atoms with E-state index in [-0.39, 0.29) is 0 Å².